The second-order valence-electron chi connectivity index (χ2n) is 7.94. The van der Waals surface area contributed by atoms with Crippen molar-refractivity contribution < 1.29 is 4.52 Å². The Balaban J connectivity index is 0.00000392. The Labute approximate surface area is 187 Å². The number of aryl methyl sites for hydroxylation is 1. The molecule has 0 bridgehead atoms. The van der Waals surface area contributed by atoms with Gasteiger partial charge in [0.2, 0.25) is 0 Å². The Morgan fingerprint density at radius 2 is 1.86 bits per heavy atom. The number of piperazine rings is 1. The number of nitrogens with zero attached hydrogens (tertiary/aromatic N) is 5. The summed E-state index contributed by atoms with van der Waals surface area (Å²) in [6.45, 7) is 18.0. The van der Waals surface area contributed by atoms with Crippen LogP contribution in [0.15, 0.2) is 15.6 Å². The highest BCUT2D eigenvalue weighted by atomic mass is 127. The highest BCUT2D eigenvalue weighted by molar-refractivity contribution is 14.0. The molecule has 1 aliphatic heterocycles. The van der Waals surface area contributed by atoms with Crippen LogP contribution in [-0.2, 0) is 6.54 Å². The van der Waals surface area contributed by atoms with Crippen LogP contribution in [0.3, 0.4) is 0 Å². The Hall–Kier alpha value is -0.870. The van der Waals surface area contributed by atoms with Gasteiger partial charge < -0.3 is 14.7 Å². The van der Waals surface area contributed by atoms with E-state index >= 15 is 0 Å². The largest absolute Gasteiger partial charge is 0.361 e. The van der Waals surface area contributed by atoms with E-state index in [0.29, 0.717) is 12.1 Å². The number of nitrogens with one attached hydrogen (secondary N) is 1. The van der Waals surface area contributed by atoms with Gasteiger partial charge >= 0.3 is 0 Å². The molecule has 8 heteroatoms. The molecule has 0 radical (unpaired) electrons. The molecular formula is C20H39IN6O. The molecule has 1 aromatic heterocycles. The summed E-state index contributed by atoms with van der Waals surface area (Å²) in [4.78, 5) is 11.8. The van der Waals surface area contributed by atoms with Gasteiger partial charge in [0.1, 0.15) is 5.76 Å². The van der Waals surface area contributed by atoms with Crippen molar-refractivity contribution in [2.75, 3.05) is 46.3 Å². The zero-order chi connectivity index (χ0) is 19.8. The highest BCUT2D eigenvalue weighted by Gasteiger charge is 2.20. The molecule has 1 fully saturated rings. The van der Waals surface area contributed by atoms with Gasteiger partial charge in [0.05, 0.1) is 5.69 Å². The third-order valence-electron chi connectivity index (χ3n) is 5.15. The topological polar surface area (TPSA) is 60.1 Å². The summed E-state index contributed by atoms with van der Waals surface area (Å²) in [6.07, 6.45) is 1.13. The molecular weight excluding hydrogens is 467 g/mol. The van der Waals surface area contributed by atoms with E-state index in [0.717, 1.165) is 69.6 Å². The van der Waals surface area contributed by atoms with Crippen LogP contribution in [0.1, 0.15) is 45.6 Å². The lowest BCUT2D eigenvalue weighted by molar-refractivity contribution is 0.166. The van der Waals surface area contributed by atoms with Crippen LogP contribution in [0, 0.1) is 6.92 Å². The molecule has 0 amide bonds. The van der Waals surface area contributed by atoms with E-state index in [1.54, 1.807) is 0 Å². The molecule has 1 aliphatic rings. The van der Waals surface area contributed by atoms with Gasteiger partial charge in [0.25, 0.3) is 0 Å². The van der Waals surface area contributed by atoms with Gasteiger partial charge in [-0.15, -0.1) is 24.0 Å². The molecule has 0 saturated carbocycles. The Bertz CT molecular complexity index is 573. The third-order valence-corrected chi connectivity index (χ3v) is 5.15. The molecule has 0 spiro atoms. The number of guanidine groups is 1. The summed E-state index contributed by atoms with van der Waals surface area (Å²) < 4.78 is 5.16. The van der Waals surface area contributed by atoms with Gasteiger partial charge in [-0.2, -0.15) is 0 Å². The van der Waals surface area contributed by atoms with Crippen molar-refractivity contribution in [2.24, 2.45) is 4.99 Å². The van der Waals surface area contributed by atoms with Crippen molar-refractivity contribution in [3.05, 3.63) is 17.5 Å². The first-order valence-corrected chi connectivity index (χ1v) is 10.3. The number of rotatable bonds is 8. The zero-order valence-electron chi connectivity index (χ0n) is 18.4. The predicted molar refractivity (Wildman–Crippen MR) is 126 cm³/mol. The maximum Gasteiger partial charge on any atom is 0.193 e. The summed E-state index contributed by atoms with van der Waals surface area (Å²) in [5.74, 6) is 1.90. The van der Waals surface area contributed by atoms with Crippen LogP contribution in [-0.4, -0.2) is 84.2 Å². The average Bonchev–Trinajstić information content (AvgIpc) is 3.03. The van der Waals surface area contributed by atoms with E-state index in [4.69, 9.17) is 4.52 Å². The highest BCUT2D eigenvalue weighted by Crippen LogP contribution is 2.09. The maximum absolute atomic E-state index is 5.16. The monoisotopic (exact) mass is 506 g/mol. The van der Waals surface area contributed by atoms with Gasteiger partial charge in [-0.05, 0) is 41.0 Å². The van der Waals surface area contributed by atoms with Crippen molar-refractivity contribution >= 4 is 29.9 Å². The molecule has 1 saturated heterocycles. The molecule has 0 unspecified atom stereocenters. The van der Waals surface area contributed by atoms with Crippen LogP contribution in [0.25, 0.3) is 0 Å². The van der Waals surface area contributed by atoms with Crippen LogP contribution in [0.4, 0.5) is 0 Å². The Morgan fingerprint density at radius 1 is 1.21 bits per heavy atom. The lowest BCUT2D eigenvalue weighted by Gasteiger charge is -2.36. The first-order valence-electron chi connectivity index (χ1n) is 10.3. The first-order chi connectivity index (χ1) is 12.9. The minimum Gasteiger partial charge on any atom is -0.361 e. The fraction of sp³-hybridized carbons (Fsp3) is 0.800. The Morgan fingerprint density at radius 3 is 2.36 bits per heavy atom. The van der Waals surface area contributed by atoms with Crippen LogP contribution in [0.5, 0.6) is 0 Å². The first kappa shape index (κ1) is 25.2. The van der Waals surface area contributed by atoms with Gasteiger partial charge in [0, 0.05) is 71.0 Å². The lowest BCUT2D eigenvalue weighted by Crippen LogP contribution is -2.52. The summed E-state index contributed by atoms with van der Waals surface area (Å²) in [5.41, 5.74) is 1.02. The fourth-order valence-corrected chi connectivity index (χ4v) is 3.75. The molecule has 2 rings (SSSR count). The van der Waals surface area contributed by atoms with Gasteiger partial charge in [-0.25, -0.2) is 0 Å². The molecule has 0 atom stereocenters. The molecule has 2 heterocycles. The summed E-state index contributed by atoms with van der Waals surface area (Å²) in [6, 6.07) is 3.20. The van der Waals surface area contributed by atoms with Gasteiger partial charge in [0.15, 0.2) is 5.96 Å². The van der Waals surface area contributed by atoms with Crippen LogP contribution in [0.2, 0.25) is 0 Å². The molecule has 0 aliphatic carbocycles. The van der Waals surface area contributed by atoms with Crippen molar-refractivity contribution in [1.29, 1.82) is 0 Å². The van der Waals surface area contributed by atoms with Crippen molar-refractivity contribution in [2.45, 2.75) is 59.7 Å². The quantitative estimate of drug-likeness (QED) is 0.253. The van der Waals surface area contributed by atoms with Gasteiger partial charge in [-0.3, -0.25) is 14.8 Å². The van der Waals surface area contributed by atoms with E-state index in [-0.39, 0.29) is 24.0 Å². The van der Waals surface area contributed by atoms with E-state index in [9.17, 15) is 0 Å². The minimum atomic E-state index is 0. The van der Waals surface area contributed by atoms with Gasteiger partial charge in [-0.1, -0.05) is 5.16 Å². The number of aliphatic imine (C=N–C) groups is 1. The lowest BCUT2D eigenvalue weighted by atomic mass is 10.2. The smallest absolute Gasteiger partial charge is 0.193 e. The number of halogens is 1. The van der Waals surface area contributed by atoms with Crippen molar-refractivity contribution in [3.63, 3.8) is 0 Å². The maximum atomic E-state index is 5.16. The molecule has 0 aromatic carbocycles. The Kier molecular flexibility index (Phi) is 11.4. The second kappa shape index (κ2) is 12.6. The van der Waals surface area contributed by atoms with Crippen LogP contribution < -0.4 is 5.32 Å². The molecule has 7 nitrogen and oxygen atoms in total. The summed E-state index contributed by atoms with van der Waals surface area (Å²) in [7, 11) is 1.88. The molecule has 162 valence electrons. The van der Waals surface area contributed by atoms with E-state index in [2.05, 4.69) is 57.9 Å². The van der Waals surface area contributed by atoms with Crippen molar-refractivity contribution in [3.8, 4) is 0 Å². The molecule has 1 N–H and O–H groups in total. The SMILES string of the molecule is CN=C(NCCCN(C(C)C)C(C)C)N1CCN(Cc2cc(C)on2)CC1.I. The van der Waals surface area contributed by atoms with Crippen LogP contribution >= 0.6 is 24.0 Å². The normalized spacial score (nSPS) is 16.2. The average molecular weight is 506 g/mol. The molecule has 1 aromatic rings. The third kappa shape index (κ3) is 7.87. The van der Waals surface area contributed by atoms with E-state index in [1.165, 1.54) is 0 Å². The predicted octanol–water partition coefficient (Wildman–Crippen LogP) is 2.80. The van der Waals surface area contributed by atoms with E-state index in [1.807, 2.05) is 20.0 Å². The summed E-state index contributed by atoms with van der Waals surface area (Å²) >= 11 is 0. The fourth-order valence-electron chi connectivity index (χ4n) is 3.75. The number of aromatic nitrogens is 1. The zero-order valence-corrected chi connectivity index (χ0v) is 20.8. The van der Waals surface area contributed by atoms with E-state index < -0.39 is 0 Å². The number of hydrogen-bond acceptors (Lipinski definition) is 5. The number of hydrogen-bond donors (Lipinski definition) is 1. The summed E-state index contributed by atoms with van der Waals surface area (Å²) in [5, 5.41) is 7.64. The second-order valence-corrected chi connectivity index (χ2v) is 7.94. The molecule has 28 heavy (non-hydrogen) atoms. The minimum absolute atomic E-state index is 0. The van der Waals surface area contributed by atoms with Crippen molar-refractivity contribution in [1.82, 2.24) is 25.2 Å². The standard InChI is InChI=1S/C20H38N6O.HI/c1-16(2)26(17(3)4)9-7-8-22-20(21-6)25-12-10-24(11-13-25)15-19-14-18(5)27-23-19;/h14,16-17H,7-13,15H2,1-6H3,(H,21,22);1H.